The minimum absolute atomic E-state index is 0.297. The minimum atomic E-state index is -1.34. The SMILES string of the molecule is CCc1cc(Cl)ccc1COc1ccc(Cl)cc1Cn1ccc2c(OC(=O)O)cccc21. The van der Waals surface area contributed by atoms with Crippen LogP contribution in [0.25, 0.3) is 10.9 Å². The average molecular weight is 470 g/mol. The number of aryl methyl sites for hydroxylation is 1. The van der Waals surface area contributed by atoms with Gasteiger partial charge in [-0.1, -0.05) is 42.3 Å². The molecule has 1 aromatic heterocycles. The summed E-state index contributed by atoms with van der Waals surface area (Å²) in [6.07, 6.45) is 1.41. The normalized spacial score (nSPS) is 11.0. The molecule has 4 aromatic rings. The molecular formula is C25H21Cl2NO4. The molecule has 1 N–H and O–H groups in total. The van der Waals surface area contributed by atoms with Crippen LogP contribution in [0.5, 0.6) is 11.5 Å². The first-order valence-electron chi connectivity index (χ1n) is 10.1. The van der Waals surface area contributed by atoms with Crippen LogP contribution in [0.15, 0.2) is 66.9 Å². The Morgan fingerprint density at radius 2 is 1.69 bits per heavy atom. The Bertz CT molecular complexity index is 1280. The highest BCUT2D eigenvalue weighted by Gasteiger charge is 2.13. The van der Waals surface area contributed by atoms with E-state index in [0.29, 0.717) is 34.3 Å². The maximum absolute atomic E-state index is 11.0. The zero-order valence-corrected chi connectivity index (χ0v) is 18.9. The molecule has 4 rings (SSSR count). The molecule has 0 aliphatic carbocycles. The van der Waals surface area contributed by atoms with Gasteiger partial charge in [0.1, 0.15) is 18.1 Å². The van der Waals surface area contributed by atoms with Gasteiger partial charge in [0.2, 0.25) is 0 Å². The van der Waals surface area contributed by atoms with E-state index in [4.69, 9.17) is 37.8 Å². The summed E-state index contributed by atoms with van der Waals surface area (Å²) in [5.41, 5.74) is 3.99. The second-order valence-corrected chi connectivity index (χ2v) is 8.18. The molecule has 5 nitrogen and oxygen atoms in total. The molecule has 0 radical (unpaired) electrons. The van der Waals surface area contributed by atoms with Crippen molar-refractivity contribution in [1.82, 2.24) is 4.57 Å². The molecule has 0 unspecified atom stereocenters. The van der Waals surface area contributed by atoms with E-state index >= 15 is 0 Å². The number of carboxylic acid groups (broad SMARTS) is 1. The van der Waals surface area contributed by atoms with Gasteiger partial charge >= 0.3 is 6.16 Å². The van der Waals surface area contributed by atoms with Crippen LogP contribution in [0.2, 0.25) is 10.0 Å². The van der Waals surface area contributed by atoms with E-state index in [-0.39, 0.29) is 0 Å². The van der Waals surface area contributed by atoms with Crippen molar-refractivity contribution < 1.29 is 19.4 Å². The van der Waals surface area contributed by atoms with Crippen molar-refractivity contribution in [2.24, 2.45) is 0 Å². The topological polar surface area (TPSA) is 60.7 Å². The van der Waals surface area contributed by atoms with Crippen molar-refractivity contribution in [1.29, 1.82) is 0 Å². The van der Waals surface area contributed by atoms with Gasteiger partial charge in [0.25, 0.3) is 0 Å². The van der Waals surface area contributed by atoms with Crippen LogP contribution in [-0.2, 0) is 19.6 Å². The molecule has 1 heterocycles. The quantitative estimate of drug-likeness (QED) is 0.229. The third-order valence-electron chi connectivity index (χ3n) is 5.27. The van der Waals surface area contributed by atoms with Crippen LogP contribution in [-0.4, -0.2) is 15.8 Å². The highest BCUT2D eigenvalue weighted by Crippen LogP contribution is 2.30. The number of halogens is 2. The lowest BCUT2D eigenvalue weighted by molar-refractivity contribution is 0.145. The predicted octanol–water partition coefficient (Wildman–Crippen LogP) is 7.19. The summed E-state index contributed by atoms with van der Waals surface area (Å²) in [5, 5.41) is 11.0. The first-order chi connectivity index (χ1) is 15.4. The van der Waals surface area contributed by atoms with E-state index < -0.39 is 6.16 Å². The maximum atomic E-state index is 11.0. The summed E-state index contributed by atoms with van der Waals surface area (Å²) in [4.78, 5) is 11.0. The van der Waals surface area contributed by atoms with Gasteiger partial charge in [-0.3, -0.25) is 0 Å². The number of nitrogens with zero attached hydrogens (tertiary/aromatic N) is 1. The number of aromatic nitrogens is 1. The molecule has 3 aromatic carbocycles. The Morgan fingerprint density at radius 3 is 2.44 bits per heavy atom. The summed E-state index contributed by atoms with van der Waals surface area (Å²) in [5.74, 6) is 1.03. The Balaban J connectivity index is 1.61. The Morgan fingerprint density at radius 1 is 0.938 bits per heavy atom. The van der Waals surface area contributed by atoms with E-state index in [0.717, 1.165) is 34.4 Å². The first-order valence-corrected chi connectivity index (χ1v) is 10.9. The number of benzene rings is 3. The molecule has 0 amide bonds. The van der Waals surface area contributed by atoms with Crippen molar-refractivity contribution >= 4 is 40.3 Å². The highest BCUT2D eigenvalue weighted by atomic mass is 35.5. The van der Waals surface area contributed by atoms with Crippen molar-refractivity contribution in [3.05, 3.63) is 93.6 Å². The number of hydrogen-bond acceptors (Lipinski definition) is 3. The third kappa shape index (κ3) is 4.85. The van der Waals surface area contributed by atoms with Crippen molar-refractivity contribution in [3.8, 4) is 11.5 Å². The molecule has 0 saturated heterocycles. The molecule has 0 bridgehead atoms. The standard InChI is InChI=1S/C25H21Cl2NO4/c1-2-16-12-19(26)7-6-17(16)15-31-23-9-8-20(27)13-18(23)14-28-11-10-21-22(28)4-3-5-24(21)32-25(29)30/h3-13H,2,14-15H2,1H3,(H,29,30). The van der Waals surface area contributed by atoms with Gasteiger partial charge in [-0.2, -0.15) is 0 Å². The van der Waals surface area contributed by atoms with Crippen LogP contribution >= 0.6 is 23.2 Å². The second kappa shape index (κ2) is 9.55. The monoisotopic (exact) mass is 469 g/mol. The van der Waals surface area contributed by atoms with Gasteiger partial charge in [-0.05, 0) is 66.1 Å². The Kier molecular flexibility index (Phi) is 6.58. The average Bonchev–Trinajstić information content (AvgIpc) is 3.17. The van der Waals surface area contributed by atoms with E-state index in [1.165, 1.54) is 0 Å². The van der Waals surface area contributed by atoms with Crippen LogP contribution < -0.4 is 9.47 Å². The largest absolute Gasteiger partial charge is 0.511 e. The number of fused-ring (bicyclic) bond motifs is 1. The highest BCUT2D eigenvalue weighted by molar-refractivity contribution is 6.31. The van der Waals surface area contributed by atoms with E-state index in [1.807, 2.05) is 53.2 Å². The maximum Gasteiger partial charge on any atom is 0.511 e. The van der Waals surface area contributed by atoms with Gasteiger partial charge < -0.3 is 19.1 Å². The Hall–Kier alpha value is -3.15. The summed E-state index contributed by atoms with van der Waals surface area (Å²) in [6, 6.07) is 18.5. The van der Waals surface area contributed by atoms with Gasteiger partial charge in [-0.15, -0.1) is 0 Å². The fourth-order valence-corrected chi connectivity index (χ4v) is 4.12. The molecule has 32 heavy (non-hydrogen) atoms. The fraction of sp³-hybridized carbons (Fsp3) is 0.160. The van der Waals surface area contributed by atoms with E-state index in [1.54, 1.807) is 18.2 Å². The molecule has 164 valence electrons. The molecule has 7 heteroatoms. The zero-order valence-electron chi connectivity index (χ0n) is 17.3. The molecule has 0 aliphatic heterocycles. The molecular weight excluding hydrogens is 449 g/mol. The summed E-state index contributed by atoms with van der Waals surface area (Å²) < 4.78 is 13.1. The lowest BCUT2D eigenvalue weighted by atomic mass is 10.1. The van der Waals surface area contributed by atoms with Gasteiger partial charge in [0, 0.05) is 27.2 Å². The third-order valence-corrected chi connectivity index (χ3v) is 5.74. The molecule has 0 spiro atoms. The summed E-state index contributed by atoms with van der Waals surface area (Å²) in [6.45, 7) is 3.00. The van der Waals surface area contributed by atoms with E-state index in [2.05, 4.69) is 6.92 Å². The van der Waals surface area contributed by atoms with Crippen LogP contribution in [0.3, 0.4) is 0 Å². The minimum Gasteiger partial charge on any atom is -0.489 e. The van der Waals surface area contributed by atoms with Gasteiger partial charge in [-0.25, -0.2) is 4.79 Å². The number of hydrogen-bond donors (Lipinski definition) is 1. The van der Waals surface area contributed by atoms with Crippen molar-refractivity contribution in [2.45, 2.75) is 26.5 Å². The fourth-order valence-electron chi connectivity index (χ4n) is 3.73. The number of ether oxygens (including phenoxy) is 2. The number of carbonyl (C=O) groups is 1. The lowest BCUT2D eigenvalue weighted by Gasteiger charge is -2.15. The van der Waals surface area contributed by atoms with Crippen molar-refractivity contribution in [3.63, 3.8) is 0 Å². The predicted molar refractivity (Wildman–Crippen MR) is 126 cm³/mol. The molecule has 0 saturated carbocycles. The van der Waals surface area contributed by atoms with Crippen LogP contribution in [0.1, 0.15) is 23.6 Å². The second-order valence-electron chi connectivity index (χ2n) is 7.31. The Labute approximate surface area is 195 Å². The smallest absolute Gasteiger partial charge is 0.489 e. The molecule has 0 atom stereocenters. The first kappa shape index (κ1) is 22.1. The lowest BCUT2D eigenvalue weighted by Crippen LogP contribution is -2.05. The molecule has 0 aliphatic rings. The zero-order chi connectivity index (χ0) is 22.7. The summed E-state index contributed by atoms with van der Waals surface area (Å²) >= 11 is 12.4. The summed E-state index contributed by atoms with van der Waals surface area (Å²) in [7, 11) is 0. The van der Waals surface area contributed by atoms with Gasteiger partial charge in [0.15, 0.2) is 0 Å². The van der Waals surface area contributed by atoms with Crippen molar-refractivity contribution in [2.75, 3.05) is 0 Å². The van der Waals surface area contributed by atoms with Crippen LogP contribution in [0.4, 0.5) is 4.79 Å². The van der Waals surface area contributed by atoms with Gasteiger partial charge in [0.05, 0.1) is 12.1 Å². The number of rotatable bonds is 7. The van der Waals surface area contributed by atoms with Crippen LogP contribution in [0, 0.1) is 0 Å². The van der Waals surface area contributed by atoms with E-state index in [9.17, 15) is 4.79 Å². The molecule has 0 fully saturated rings.